The summed E-state index contributed by atoms with van der Waals surface area (Å²) < 4.78 is 5.47. The number of nitrogens with one attached hydrogen (secondary N) is 1. The molecule has 1 atom stereocenters. The molecule has 0 aliphatic heterocycles. The van der Waals surface area contributed by atoms with Crippen LogP contribution in [0.5, 0.6) is 0 Å². The van der Waals surface area contributed by atoms with E-state index in [0.717, 1.165) is 41.3 Å². The number of aromatic amines is 1. The minimum atomic E-state index is -0.294. The van der Waals surface area contributed by atoms with Gasteiger partial charge >= 0.3 is 0 Å². The fraction of sp³-hybridized carbons (Fsp3) is 0.467. The summed E-state index contributed by atoms with van der Waals surface area (Å²) in [6.07, 6.45) is 2.97. The number of H-pyrrole nitrogens is 1. The van der Waals surface area contributed by atoms with Crippen molar-refractivity contribution in [1.82, 2.24) is 4.98 Å². The van der Waals surface area contributed by atoms with E-state index in [1.165, 1.54) is 11.3 Å². The van der Waals surface area contributed by atoms with Crippen LogP contribution in [0.25, 0.3) is 10.9 Å². The number of hydrogen-bond donors (Lipinski definition) is 1. The van der Waals surface area contributed by atoms with Crippen LogP contribution >= 0.6 is 0 Å². The molecule has 1 unspecified atom stereocenters. The number of nitro benzene ring substituents is 1. The van der Waals surface area contributed by atoms with Gasteiger partial charge in [0.2, 0.25) is 0 Å². The summed E-state index contributed by atoms with van der Waals surface area (Å²) in [5, 5.41) is 12.2. The third-order valence-electron chi connectivity index (χ3n) is 4.38. The van der Waals surface area contributed by atoms with Crippen LogP contribution in [0, 0.1) is 24.0 Å². The smallest absolute Gasteiger partial charge is 0.273 e. The molecule has 1 N–H and O–H groups in total. The lowest BCUT2D eigenvalue weighted by Crippen LogP contribution is -2.20. The summed E-state index contributed by atoms with van der Waals surface area (Å²) in [4.78, 5) is 14.4. The number of rotatable bonds is 2. The van der Waals surface area contributed by atoms with Crippen LogP contribution in [-0.4, -0.2) is 23.1 Å². The first-order valence-electron chi connectivity index (χ1n) is 6.83. The van der Waals surface area contributed by atoms with Crippen molar-refractivity contribution >= 4 is 16.6 Å². The maximum atomic E-state index is 11.2. The zero-order chi connectivity index (χ0) is 14.4. The van der Waals surface area contributed by atoms with E-state index in [1.807, 2.05) is 13.8 Å². The van der Waals surface area contributed by atoms with E-state index >= 15 is 0 Å². The van der Waals surface area contributed by atoms with E-state index in [9.17, 15) is 10.1 Å². The molecule has 20 heavy (non-hydrogen) atoms. The molecule has 5 heteroatoms. The third kappa shape index (κ3) is 1.81. The second kappa shape index (κ2) is 4.59. The topological polar surface area (TPSA) is 68.2 Å². The van der Waals surface area contributed by atoms with Crippen molar-refractivity contribution in [2.45, 2.75) is 39.2 Å². The molecule has 106 valence electrons. The minimum Gasteiger partial charge on any atom is -0.381 e. The minimum absolute atomic E-state index is 0.205. The summed E-state index contributed by atoms with van der Waals surface area (Å²) in [7, 11) is 1.73. The molecule has 0 radical (unpaired) electrons. The first-order chi connectivity index (χ1) is 9.52. The van der Waals surface area contributed by atoms with Crippen molar-refractivity contribution in [2.75, 3.05) is 7.11 Å². The van der Waals surface area contributed by atoms with Crippen molar-refractivity contribution in [1.29, 1.82) is 0 Å². The number of aromatic nitrogens is 1. The van der Waals surface area contributed by atoms with Crippen molar-refractivity contribution in [3.63, 3.8) is 0 Å². The van der Waals surface area contributed by atoms with Crippen LogP contribution in [0.3, 0.4) is 0 Å². The van der Waals surface area contributed by atoms with E-state index in [-0.39, 0.29) is 16.7 Å². The van der Waals surface area contributed by atoms with Gasteiger partial charge in [0.25, 0.3) is 5.69 Å². The first-order valence-corrected chi connectivity index (χ1v) is 6.83. The van der Waals surface area contributed by atoms with Crippen LogP contribution in [0.2, 0.25) is 0 Å². The van der Waals surface area contributed by atoms with Crippen molar-refractivity contribution in [3.8, 4) is 0 Å². The van der Waals surface area contributed by atoms with E-state index in [4.69, 9.17) is 4.74 Å². The van der Waals surface area contributed by atoms with Gasteiger partial charge in [0.1, 0.15) is 0 Å². The lowest BCUT2D eigenvalue weighted by molar-refractivity contribution is -0.385. The molecule has 0 bridgehead atoms. The van der Waals surface area contributed by atoms with Gasteiger partial charge in [-0.05, 0) is 37.8 Å². The van der Waals surface area contributed by atoms with Gasteiger partial charge in [-0.2, -0.15) is 0 Å². The molecule has 2 aromatic rings. The van der Waals surface area contributed by atoms with Gasteiger partial charge in [-0.15, -0.1) is 0 Å². The highest BCUT2D eigenvalue weighted by atomic mass is 16.6. The Kier molecular flexibility index (Phi) is 3.01. The molecule has 1 aliphatic carbocycles. The number of ether oxygens (including phenoxy) is 1. The molecule has 1 heterocycles. The van der Waals surface area contributed by atoms with Gasteiger partial charge in [-0.25, -0.2) is 0 Å². The second-order valence-corrected chi connectivity index (χ2v) is 5.53. The quantitative estimate of drug-likeness (QED) is 0.675. The molecule has 0 saturated heterocycles. The van der Waals surface area contributed by atoms with Crippen LogP contribution in [-0.2, 0) is 17.6 Å². The standard InChI is InChI=1S/C15H18N2O3/c1-8-6-13(17(18)19)9(2)14-11-7-10(20-3)4-5-12(11)16-15(8)14/h6,10,16H,4-5,7H2,1-3H3. The highest BCUT2D eigenvalue weighted by Gasteiger charge is 2.26. The van der Waals surface area contributed by atoms with Crippen molar-refractivity contribution in [2.24, 2.45) is 0 Å². The maximum Gasteiger partial charge on any atom is 0.273 e. The molecule has 0 amide bonds. The molecular formula is C15H18N2O3. The monoisotopic (exact) mass is 274 g/mol. The molecular weight excluding hydrogens is 256 g/mol. The Morgan fingerprint density at radius 2 is 2.20 bits per heavy atom. The predicted octanol–water partition coefficient (Wildman–Crippen LogP) is 3.20. The van der Waals surface area contributed by atoms with Crippen molar-refractivity contribution < 1.29 is 9.66 Å². The second-order valence-electron chi connectivity index (χ2n) is 5.53. The Morgan fingerprint density at radius 3 is 2.85 bits per heavy atom. The fourth-order valence-corrected chi connectivity index (χ4v) is 3.28. The Bertz CT molecular complexity index is 703. The van der Waals surface area contributed by atoms with Crippen LogP contribution in [0.1, 0.15) is 28.8 Å². The number of aryl methyl sites for hydroxylation is 3. The molecule has 0 fully saturated rings. The number of methoxy groups -OCH3 is 1. The van der Waals surface area contributed by atoms with Crippen LogP contribution < -0.4 is 0 Å². The highest BCUT2D eigenvalue weighted by molar-refractivity contribution is 5.93. The van der Waals surface area contributed by atoms with Crippen LogP contribution in [0.15, 0.2) is 6.07 Å². The van der Waals surface area contributed by atoms with Crippen LogP contribution in [0.4, 0.5) is 5.69 Å². The summed E-state index contributed by atoms with van der Waals surface area (Å²) in [6, 6.07) is 1.66. The van der Waals surface area contributed by atoms with Gasteiger partial charge in [-0.3, -0.25) is 10.1 Å². The fourth-order valence-electron chi connectivity index (χ4n) is 3.28. The molecule has 3 rings (SSSR count). The Balaban J connectivity index is 2.29. The molecule has 1 aromatic heterocycles. The Labute approximate surface area is 117 Å². The maximum absolute atomic E-state index is 11.2. The van der Waals surface area contributed by atoms with Gasteiger partial charge in [0.05, 0.1) is 11.0 Å². The summed E-state index contributed by atoms with van der Waals surface area (Å²) in [5.41, 5.74) is 5.33. The number of nitro groups is 1. The van der Waals surface area contributed by atoms with E-state index in [1.54, 1.807) is 13.2 Å². The zero-order valence-electron chi connectivity index (χ0n) is 11.9. The van der Waals surface area contributed by atoms with Gasteiger partial charge in [0, 0.05) is 41.8 Å². The highest BCUT2D eigenvalue weighted by Crippen LogP contribution is 2.37. The normalized spacial score (nSPS) is 18.2. The number of benzene rings is 1. The summed E-state index contributed by atoms with van der Waals surface area (Å²) >= 11 is 0. The zero-order valence-corrected chi connectivity index (χ0v) is 11.9. The van der Waals surface area contributed by atoms with Gasteiger partial charge < -0.3 is 9.72 Å². The predicted molar refractivity (Wildman–Crippen MR) is 77.2 cm³/mol. The van der Waals surface area contributed by atoms with E-state index < -0.39 is 0 Å². The molecule has 1 aliphatic rings. The van der Waals surface area contributed by atoms with Gasteiger partial charge in [0.15, 0.2) is 0 Å². The molecule has 5 nitrogen and oxygen atoms in total. The first kappa shape index (κ1) is 13.1. The number of hydrogen-bond acceptors (Lipinski definition) is 3. The van der Waals surface area contributed by atoms with Gasteiger partial charge in [-0.1, -0.05) is 0 Å². The average molecular weight is 274 g/mol. The summed E-state index contributed by atoms with van der Waals surface area (Å²) in [6.45, 7) is 3.76. The largest absolute Gasteiger partial charge is 0.381 e. The lowest BCUT2D eigenvalue weighted by Gasteiger charge is -2.21. The number of nitrogens with zero attached hydrogens (tertiary/aromatic N) is 1. The Morgan fingerprint density at radius 1 is 1.45 bits per heavy atom. The lowest BCUT2D eigenvalue weighted by atomic mass is 9.91. The van der Waals surface area contributed by atoms with E-state index in [0.29, 0.717) is 0 Å². The van der Waals surface area contributed by atoms with E-state index in [2.05, 4.69) is 4.98 Å². The third-order valence-corrected chi connectivity index (χ3v) is 4.38. The molecule has 0 saturated carbocycles. The molecule has 0 spiro atoms. The van der Waals surface area contributed by atoms with Crippen molar-refractivity contribution in [3.05, 3.63) is 38.6 Å². The summed E-state index contributed by atoms with van der Waals surface area (Å²) in [5.74, 6) is 0. The molecule has 1 aromatic carbocycles. The Hall–Kier alpha value is -1.88. The number of fused-ring (bicyclic) bond motifs is 3. The SMILES string of the molecule is COC1CCc2[nH]c3c(C)cc([N+](=O)[O-])c(C)c3c2C1. The average Bonchev–Trinajstić information content (AvgIpc) is 2.81.